The maximum Gasteiger partial charge on any atom is 0.134 e. The van der Waals surface area contributed by atoms with Gasteiger partial charge in [-0.1, -0.05) is 13.3 Å². The first-order valence-electron chi connectivity index (χ1n) is 6.59. The molecule has 5 nitrogen and oxygen atoms in total. The number of aromatic nitrogens is 2. The van der Waals surface area contributed by atoms with Crippen molar-refractivity contribution in [1.82, 2.24) is 9.97 Å². The number of hydrogen-bond donors (Lipinski definition) is 2. The Kier molecular flexibility index (Phi) is 5.85. The molecule has 0 spiro atoms. The van der Waals surface area contributed by atoms with Gasteiger partial charge in [0.05, 0.1) is 0 Å². The maximum absolute atomic E-state index is 5.80. The summed E-state index contributed by atoms with van der Waals surface area (Å²) < 4.78 is 0. The monoisotopic (exact) mass is 251 g/mol. The minimum Gasteiger partial charge on any atom is -0.370 e. The highest BCUT2D eigenvalue weighted by atomic mass is 15.2. The van der Waals surface area contributed by atoms with Gasteiger partial charge in [-0.15, -0.1) is 0 Å². The third-order valence-electron chi connectivity index (χ3n) is 2.61. The minimum atomic E-state index is 0.127. The first-order valence-corrected chi connectivity index (χ1v) is 6.59. The summed E-state index contributed by atoms with van der Waals surface area (Å²) >= 11 is 0. The molecule has 0 aliphatic carbocycles. The molecular weight excluding hydrogens is 226 g/mol. The minimum absolute atomic E-state index is 0.127. The number of nitrogens with two attached hydrogens (primary N) is 1. The van der Waals surface area contributed by atoms with Crippen LogP contribution in [0.2, 0.25) is 0 Å². The average molecular weight is 251 g/mol. The van der Waals surface area contributed by atoms with E-state index < -0.39 is 0 Å². The van der Waals surface area contributed by atoms with E-state index in [-0.39, 0.29) is 6.04 Å². The Labute approximate surface area is 110 Å². The van der Waals surface area contributed by atoms with Gasteiger partial charge >= 0.3 is 0 Å². The summed E-state index contributed by atoms with van der Waals surface area (Å²) in [6.07, 6.45) is 2.32. The zero-order valence-electron chi connectivity index (χ0n) is 11.9. The lowest BCUT2D eigenvalue weighted by molar-refractivity contribution is 0.710. The summed E-state index contributed by atoms with van der Waals surface area (Å²) in [6.45, 7) is 7.81. The molecule has 1 aromatic heterocycles. The highest BCUT2D eigenvalue weighted by Gasteiger charge is 2.08. The van der Waals surface area contributed by atoms with E-state index in [1.165, 1.54) is 6.42 Å². The zero-order valence-corrected chi connectivity index (χ0v) is 11.9. The quantitative estimate of drug-likeness (QED) is 0.723. The van der Waals surface area contributed by atoms with Gasteiger partial charge in [-0.2, -0.15) is 0 Å². The second-order valence-corrected chi connectivity index (χ2v) is 4.80. The Hall–Kier alpha value is -1.36. The summed E-state index contributed by atoms with van der Waals surface area (Å²) in [5.74, 6) is 2.59. The van der Waals surface area contributed by atoms with Crippen LogP contribution in [0.25, 0.3) is 0 Å². The first-order chi connectivity index (χ1) is 8.52. The predicted molar refractivity (Wildman–Crippen MR) is 77.1 cm³/mol. The number of rotatable bonds is 7. The lowest BCUT2D eigenvalue weighted by Crippen LogP contribution is -2.33. The Morgan fingerprint density at radius 1 is 1.44 bits per heavy atom. The van der Waals surface area contributed by atoms with E-state index in [9.17, 15) is 0 Å². The van der Waals surface area contributed by atoms with Crippen molar-refractivity contribution in [2.24, 2.45) is 5.73 Å². The summed E-state index contributed by atoms with van der Waals surface area (Å²) in [5, 5.41) is 3.33. The third kappa shape index (κ3) is 4.87. The standard InChI is InChI=1S/C13H25N5/c1-5-6-7-15-12-8-13(17-11(3)16-12)18(4)9-10(2)14/h8,10H,5-7,9,14H2,1-4H3,(H,15,16,17). The van der Waals surface area contributed by atoms with E-state index in [0.717, 1.165) is 37.0 Å². The second kappa shape index (κ2) is 7.16. The van der Waals surface area contributed by atoms with E-state index in [2.05, 4.69) is 27.1 Å². The fourth-order valence-corrected chi connectivity index (χ4v) is 1.76. The van der Waals surface area contributed by atoms with Gasteiger partial charge in [0.1, 0.15) is 17.5 Å². The largest absolute Gasteiger partial charge is 0.370 e. The highest BCUT2D eigenvalue weighted by molar-refractivity contribution is 5.49. The molecule has 1 atom stereocenters. The molecule has 0 amide bonds. The Bertz CT molecular complexity index is 364. The Morgan fingerprint density at radius 3 is 2.78 bits per heavy atom. The van der Waals surface area contributed by atoms with E-state index in [4.69, 9.17) is 5.73 Å². The molecule has 1 unspecified atom stereocenters. The molecule has 1 rings (SSSR count). The number of aryl methyl sites for hydroxylation is 1. The van der Waals surface area contributed by atoms with E-state index in [1.807, 2.05) is 27.0 Å². The van der Waals surface area contributed by atoms with Gasteiger partial charge in [-0.3, -0.25) is 0 Å². The Morgan fingerprint density at radius 2 is 2.17 bits per heavy atom. The molecule has 0 saturated carbocycles. The van der Waals surface area contributed by atoms with Crippen molar-refractivity contribution in [3.8, 4) is 0 Å². The molecule has 0 radical (unpaired) electrons. The average Bonchev–Trinajstić information content (AvgIpc) is 2.27. The highest BCUT2D eigenvalue weighted by Crippen LogP contribution is 2.14. The number of hydrogen-bond acceptors (Lipinski definition) is 5. The number of unbranched alkanes of at least 4 members (excludes halogenated alkanes) is 1. The van der Waals surface area contributed by atoms with Gasteiger partial charge in [-0.25, -0.2) is 9.97 Å². The van der Waals surface area contributed by atoms with Crippen LogP contribution in [0.3, 0.4) is 0 Å². The molecule has 102 valence electrons. The van der Waals surface area contributed by atoms with Crippen LogP contribution in [0, 0.1) is 6.92 Å². The molecule has 0 aromatic carbocycles. The number of nitrogens with one attached hydrogen (secondary N) is 1. The van der Waals surface area contributed by atoms with Crippen LogP contribution in [0.4, 0.5) is 11.6 Å². The van der Waals surface area contributed by atoms with E-state index >= 15 is 0 Å². The molecule has 18 heavy (non-hydrogen) atoms. The molecule has 1 heterocycles. The molecule has 5 heteroatoms. The van der Waals surface area contributed by atoms with Gasteiger partial charge in [-0.05, 0) is 20.3 Å². The van der Waals surface area contributed by atoms with Crippen LogP contribution >= 0.6 is 0 Å². The fourth-order valence-electron chi connectivity index (χ4n) is 1.76. The molecule has 0 fully saturated rings. The summed E-state index contributed by atoms with van der Waals surface area (Å²) in [5.41, 5.74) is 5.80. The van der Waals surface area contributed by atoms with Gasteiger partial charge in [0.25, 0.3) is 0 Å². The van der Waals surface area contributed by atoms with Crippen molar-refractivity contribution in [3.63, 3.8) is 0 Å². The third-order valence-corrected chi connectivity index (χ3v) is 2.61. The van der Waals surface area contributed by atoms with Crippen LogP contribution < -0.4 is 16.0 Å². The topological polar surface area (TPSA) is 67.1 Å². The van der Waals surface area contributed by atoms with Gasteiger partial charge in [0.15, 0.2) is 0 Å². The predicted octanol–water partition coefficient (Wildman–Crippen LogP) is 1.78. The van der Waals surface area contributed by atoms with E-state index in [0.29, 0.717) is 0 Å². The molecule has 0 aliphatic rings. The lowest BCUT2D eigenvalue weighted by Gasteiger charge is -2.21. The van der Waals surface area contributed by atoms with Crippen molar-refractivity contribution in [2.75, 3.05) is 30.4 Å². The smallest absolute Gasteiger partial charge is 0.134 e. The van der Waals surface area contributed by atoms with Crippen LogP contribution in [-0.4, -0.2) is 36.1 Å². The molecule has 1 aromatic rings. The maximum atomic E-state index is 5.80. The van der Waals surface area contributed by atoms with Crippen molar-refractivity contribution in [1.29, 1.82) is 0 Å². The number of nitrogens with zero attached hydrogens (tertiary/aromatic N) is 3. The lowest BCUT2D eigenvalue weighted by atomic mass is 10.3. The normalized spacial score (nSPS) is 12.3. The van der Waals surface area contributed by atoms with E-state index in [1.54, 1.807) is 0 Å². The van der Waals surface area contributed by atoms with Gasteiger partial charge in [0, 0.05) is 32.2 Å². The molecule has 0 bridgehead atoms. The van der Waals surface area contributed by atoms with Crippen LogP contribution in [-0.2, 0) is 0 Å². The fraction of sp³-hybridized carbons (Fsp3) is 0.692. The van der Waals surface area contributed by atoms with Crippen molar-refractivity contribution < 1.29 is 0 Å². The molecule has 0 aliphatic heterocycles. The van der Waals surface area contributed by atoms with Crippen LogP contribution in [0.1, 0.15) is 32.5 Å². The van der Waals surface area contributed by atoms with Crippen molar-refractivity contribution >= 4 is 11.6 Å². The molecule has 3 N–H and O–H groups in total. The first kappa shape index (κ1) is 14.7. The van der Waals surface area contributed by atoms with Crippen molar-refractivity contribution in [3.05, 3.63) is 11.9 Å². The zero-order chi connectivity index (χ0) is 13.5. The second-order valence-electron chi connectivity index (χ2n) is 4.80. The summed E-state index contributed by atoms with van der Waals surface area (Å²) in [6, 6.07) is 2.10. The summed E-state index contributed by atoms with van der Waals surface area (Å²) in [4.78, 5) is 10.9. The molecule has 0 saturated heterocycles. The van der Waals surface area contributed by atoms with Crippen LogP contribution in [0.5, 0.6) is 0 Å². The van der Waals surface area contributed by atoms with Crippen molar-refractivity contribution in [2.45, 2.75) is 39.7 Å². The SMILES string of the molecule is CCCCNc1cc(N(C)CC(C)N)nc(C)n1. The number of anilines is 2. The number of likely N-dealkylation sites (N-methyl/N-ethyl adjacent to an activating group) is 1. The van der Waals surface area contributed by atoms with Crippen LogP contribution in [0.15, 0.2) is 6.07 Å². The van der Waals surface area contributed by atoms with Gasteiger partial charge in [0.2, 0.25) is 0 Å². The summed E-state index contributed by atoms with van der Waals surface area (Å²) in [7, 11) is 2.00. The van der Waals surface area contributed by atoms with Gasteiger partial charge < -0.3 is 16.0 Å². The Balaban J connectivity index is 2.73. The molecular formula is C13H25N5.